The molecule has 0 aliphatic rings. The van der Waals surface area contributed by atoms with E-state index in [1.165, 1.54) is 42.4 Å². The molecule has 0 unspecified atom stereocenters. The van der Waals surface area contributed by atoms with Gasteiger partial charge in [-0.1, -0.05) is 71.6 Å². The minimum absolute atomic E-state index is 0.360. The van der Waals surface area contributed by atoms with Crippen LogP contribution in [0, 0.1) is 0 Å². The van der Waals surface area contributed by atoms with Crippen molar-refractivity contribution in [2.45, 2.75) is 118 Å². The molecule has 2 heteroatoms. The molecular weight excluding hydrogens is 392 g/mol. The van der Waals surface area contributed by atoms with Gasteiger partial charge < -0.3 is 10.2 Å². The fourth-order valence-corrected chi connectivity index (χ4v) is 4.85. The maximum Gasteiger partial charge on any atom is 0.122 e. The third-order valence-corrected chi connectivity index (χ3v) is 6.79. The Morgan fingerprint density at radius 3 is 1.38 bits per heavy atom. The van der Waals surface area contributed by atoms with E-state index in [4.69, 9.17) is 0 Å². The van der Waals surface area contributed by atoms with Gasteiger partial charge in [-0.3, -0.25) is 0 Å². The van der Waals surface area contributed by atoms with Crippen LogP contribution in [0.3, 0.4) is 0 Å². The first-order chi connectivity index (χ1) is 15.6. The Morgan fingerprint density at radius 1 is 0.500 bits per heavy atom. The number of unbranched alkanes of at least 4 members (excludes halogenated alkanes) is 4. The van der Waals surface area contributed by atoms with E-state index < -0.39 is 0 Å². The van der Waals surface area contributed by atoms with E-state index in [2.05, 4.69) is 27.7 Å². The summed E-state index contributed by atoms with van der Waals surface area (Å²) in [5, 5.41) is 21.9. The summed E-state index contributed by atoms with van der Waals surface area (Å²) in [7, 11) is 0. The van der Waals surface area contributed by atoms with E-state index in [1.807, 2.05) is 18.2 Å². The van der Waals surface area contributed by atoms with Crippen molar-refractivity contribution in [3.05, 3.63) is 57.6 Å². The molecule has 0 aliphatic carbocycles. The van der Waals surface area contributed by atoms with Crippen molar-refractivity contribution < 1.29 is 10.2 Å². The molecule has 32 heavy (non-hydrogen) atoms. The van der Waals surface area contributed by atoms with E-state index in [1.54, 1.807) is 11.6 Å². The number of aryl methyl sites for hydroxylation is 1. The van der Waals surface area contributed by atoms with Crippen molar-refractivity contribution in [2.24, 2.45) is 0 Å². The number of hydrogen-bond acceptors (Lipinski definition) is 2. The normalized spacial score (nSPS) is 11.2. The Balaban J connectivity index is 2.61. The molecule has 0 amide bonds. The van der Waals surface area contributed by atoms with Crippen molar-refractivity contribution in [3.8, 4) is 11.5 Å². The summed E-state index contributed by atoms with van der Waals surface area (Å²) in [6.45, 7) is 9.02. The summed E-state index contributed by atoms with van der Waals surface area (Å²) < 4.78 is 0. The second kappa shape index (κ2) is 14.2. The van der Waals surface area contributed by atoms with Crippen LogP contribution in [-0.2, 0) is 38.5 Å². The van der Waals surface area contributed by atoms with Gasteiger partial charge in [-0.2, -0.15) is 0 Å². The van der Waals surface area contributed by atoms with Gasteiger partial charge in [0.1, 0.15) is 11.5 Å². The van der Waals surface area contributed by atoms with Crippen LogP contribution in [0.15, 0.2) is 24.3 Å². The Bertz CT molecular complexity index is 822. The van der Waals surface area contributed by atoms with Gasteiger partial charge in [-0.25, -0.2) is 0 Å². The van der Waals surface area contributed by atoms with Gasteiger partial charge in [0.2, 0.25) is 0 Å². The quantitative estimate of drug-likeness (QED) is 0.294. The van der Waals surface area contributed by atoms with Crippen LogP contribution in [0.5, 0.6) is 11.5 Å². The van der Waals surface area contributed by atoms with Crippen LogP contribution in [-0.4, -0.2) is 10.2 Å². The number of hydrogen-bond donors (Lipinski definition) is 2. The SMILES string of the molecule is CCCCc1c(O)c(CCc2ccccc2O)c(CCCC)c(CCCC)c1CCCC. The van der Waals surface area contributed by atoms with Crippen molar-refractivity contribution in [1.29, 1.82) is 0 Å². The van der Waals surface area contributed by atoms with E-state index in [9.17, 15) is 10.2 Å². The average Bonchev–Trinajstić information content (AvgIpc) is 2.80. The number of rotatable bonds is 15. The van der Waals surface area contributed by atoms with E-state index in [-0.39, 0.29) is 0 Å². The van der Waals surface area contributed by atoms with Crippen molar-refractivity contribution in [1.82, 2.24) is 0 Å². The second-order valence-corrected chi connectivity index (χ2v) is 9.28. The molecule has 2 aromatic carbocycles. The molecule has 0 heterocycles. The number of para-hydroxylation sites is 1. The highest BCUT2D eigenvalue weighted by Gasteiger charge is 2.22. The molecule has 2 aromatic rings. The summed E-state index contributed by atoms with van der Waals surface area (Å²) in [6, 6.07) is 7.63. The molecule has 0 aromatic heterocycles. The van der Waals surface area contributed by atoms with Gasteiger partial charge in [-0.15, -0.1) is 0 Å². The Hall–Kier alpha value is -1.96. The number of aromatic hydroxyl groups is 2. The summed E-state index contributed by atoms with van der Waals surface area (Å²) >= 11 is 0. The molecule has 178 valence electrons. The smallest absolute Gasteiger partial charge is 0.122 e. The zero-order valence-electron chi connectivity index (χ0n) is 21.1. The van der Waals surface area contributed by atoms with Gasteiger partial charge in [-0.05, 0) is 104 Å². The lowest BCUT2D eigenvalue weighted by Crippen LogP contribution is -2.11. The van der Waals surface area contributed by atoms with Gasteiger partial charge in [0.05, 0.1) is 0 Å². The molecule has 2 rings (SSSR count). The summed E-state index contributed by atoms with van der Waals surface area (Å²) in [6.07, 6.45) is 15.1. The lowest BCUT2D eigenvalue weighted by molar-refractivity contribution is 0.453. The third kappa shape index (κ3) is 7.02. The molecule has 2 N–H and O–H groups in total. The van der Waals surface area contributed by atoms with Crippen molar-refractivity contribution in [3.63, 3.8) is 0 Å². The molecule has 0 fully saturated rings. The van der Waals surface area contributed by atoms with Crippen LogP contribution < -0.4 is 0 Å². The third-order valence-electron chi connectivity index (χ3n) is 6.79. The maximum atomic E-state index is 11.6. The Labute approximate surface area is 197 Å². The number of phenolic OH excluding ortho intramolecular Hbond substituents is 2. The first-order valence-corrected chi connectivity index (χ1v) is 13.2. The molecule has 0 radical (unpaired) electrons. The minimum atomic E-state index is 0.360. The monoisotopic (exact) mass is 438 g/mol. The fourth-order valence-electron chi connectivity index (χ4n) is 4.85. The molecular formula is C30H46O2. The highest BCUT2D eigenvalue weighted by atomic mass is 16.3. The molecule has 0 saturated heterocycles. The zero-order chi connectivity index (χ0) is 23.3. The summed E-state index contributed by atoms with van der Waals surface area (Å²) in [5.41, 5.74) is 7.76. The first kappa shape index (κ1) is 26.3. The fraction of sp³-hybridized carbons (Fsp3) is 0.600. The molecule has 0 atom stereocenters. The Morgan fingerprint density at radius 2 is 0.906 bits per heavy atom. The van der Waals surface area contributed by atoms with Crippen LogP contribution in [0.25, 0.3) is 0 Å². The average molecular weight is 439 g/mol. The molecule has 0 aliphatic heterocycles. The standard InChI is InChI=1S/C30H46O2/c1-5-9-16-24-25(17-10-6-2)27(19-12-8-4)30(32)28(26(24)18-11-7-3)22-21-23-15-13-14-20-29(23)31/h13-15,20,31-32H,5-12,16-19,21-22H2,1-4H3. The van der Waals surface area contributed by atoms with Crippen LogP contribution in [0.4, 0.5) is 0 Å². The molecule has 0 saturated carbocycles. The topological polar surface area (TPSA) is 40.5 Å². The van der Waals surface area contributed by atoms with Crippen LogP contribution in [0.1, 0.15) is 112 Å². The largest absolute Gasteiger partial charge is 0.508 e. The minimum Gasteiger partial charge on any atom is -0.508 e. The van der Waals surface area contributed by atoms with Gasteiger partial charge >= 0.3 is 0 Å². The van der Waals surface area contributed by atoms with Crippen molar-refractivity contribution in [2.75, 3.05) is 0 Å². The van der Waals surface area contributed by atoms with E-state index in [0.29, 0.717) is 11.5 Å². The molecule has 0 bridgehead atoms. The number of benzene rings is 2. The van der Waals surface area contributed by atoms with Gasteiger partial charge in [0.15, 0.2) is 0 Å². The maximum absolute atomic E-state index is 11.6. The zero-order valence-corrected chi connectivity index (χ0v) is 21.1. The van der Waals surface area contributed by atoms with Crippen LogP contribution >= 0.6 is 0 Å². The lowest BCUT2D eigenvalue weighted by Gasteiger charge is -2.25. The highest BCUT2D eigenvalue weighted by Crippen LogP contribution is 2.38. The van der Waals surface area contributed by atoms with Crippen LogP contribution in [0.2, 0.25) is 0 Å². The number of phenols is 2. The van der Waals surface area contributed by atoms with Crippen molar-refractivity contribution >= 4 is 0 Å². The summed E-state index contributed by atoms with van der Waals surface area (Å²) in [5.74, 6) is 0.922. The second-order valence-electron chi connectivity index (χ2n) is 9.28. The highest BCUT2D eigenvalue weighted by molar-refractivity contribution is 5.56. The Kier molecular flexibility index (Phi) is 11.7. The molecule has 0 spiro atoms. The lowest BCUT2D eigenvalue weighted by atomic mass is 9.81. The van der Waals surface area contributed by atoms with Gasteiger partial charge in [0.25, 0.3) is 0 Å². The predicted octanol–water partition coefficient (Wildman–Crippen LogP) is 8.25. The molecule has 2 nitrogen and oxygen atoms in total. The summed E-state index contributed by atoms with van der Waals surface area (Å²) in [4.78, 5) is 0. The first-order valence-electron chi connectivity index (χ1n) is 13.2. The van der Waals surface area contributed by atoms with E-state index >= 15 is 0 Å². The van der Waals surface area contributed by atoms with E-state index in [0.717, 1.165) is 75.3 Å². The predicted molar refractivity (Wildman–Crippen MR) is 138 cm³/mol. The van der Waals surface area contributed by atoms with Gasteiger partial charge in [0, 0.05) is 0 Å².